The normalized spacial score (nSPS) is 10.5. The minimum absolute atomic E-state index is 0.0296. The summed E-state index contributed by atoms with van der Waals surface area (Å²) in [4.78, 5) is 26.5. The van der Waals surface area contributed by atoms with E-state index in [1.165, 1.54) is 4.90 Å². The Hall–Kier alpha value is -1.14. The first-order valence-electron chi connectivity index (χ1n) is 6.39. The minimum Gasteiger partial charge on any atom is -0.395 e. The van der Waals surface area contributed by atoms with E-state index in [2.05, 4.69) is 5.32 Å². The lowest BCUT2D eigenvalue weighted by atomic mass is 10.4. The van der Waals surface area contributed by atoms with E-state index < -0.39 is 0 Å². The van der Waals surface area contributed by atoms with Gasteiger partial charge in [0, 0.05) is 20.1 Å². The van der Waals surface area contributed by atoms with Crippen LogP contribution in [-0.2, 0) is 9.59 Å². The molecule has 0 aliphatic heterocycles. The van der Waals surface area contributed by atoms with Crippen molar-refractivity contribution in [3.63, 3.8) is 0 Å². The molecule has 0 saturated heterocycles. The molecule has 0 radical (unpaired) electrons. The lowest BCUT2D eigenvalue weighted by Crippen LogP contribution is -2.43. The third-order valence-corrected chi connectivity index (χ3v) is 2.60. The predicted molar refractivity (Wildman–Crippen MR) is 70.1 cm³/mol. The first kappa shape index (κ1) is 16.9. The first-order chi connectivity index (χ1) is 8.54. The third kappa shape index (κ3) is 7.24. The number of hydrogen-bond acceptors (Lipinski definition) is 4. The van der Waals surface area contributed by atoms with Gasteiger partial charge < -0.3 is 15.3 Å². The van der Waals surface area contributed by atoms with E-state index in [0.29, 0.717) is 19.6 Å². The van der Waals surface area contributed by atoms with E-state index in [-0.39, 0.29) is 31.5 Å². The van der Waals surface area contributed by atoms with Gasteiger partial charge in [0.05, 0.1) is 19.7 Å². The van der Waals surface area contributed by atoms with E-state index in [4.69, 9.17) is 5.11 Å². The molecule has 0 aromatic heterocycles. The number of carbonyl (C=O) groups is 2. The molecule has 0 bridgehead atoms. The fourth-order valence-corrected chi connectivity index (χ4v) is 1.43. The highest BCUT2D eigenvalue weighted by Crippen LogP contribution is 1.92. The molecule has 0 unspecified atom stereocenters. The Morgan fingerprint density at radius 2 is 1.89 bits per heavy atom. The van der Waals surface area contributed by atoms with Gasteiger partial charge in [-0.3, -0.25) is 14.5 Å². The zero-order valence-corrected chi connectivity index (χ0v) is 11.6. The summed E-state index contributed by atoms with van der Waals surface area (Å²) < 4.78 is 0. The SMILES string of the molecule is CCCNC(=O)CN(C)C(=O)CN(CC)CCO. The van der Waals surface area contributed by atoms with Gasteiger partial charge in [-0.05, 0) is 13.0 Å². The summed E-state index contributed by atoms with van der Waals surface area (Å²) >= 11 is 0. The van der Waals surface area contributed by atoms with Gasteiger partial charge in [0.15, 0.2) is 0 Å². The average molecular weight is 259 g/mol. The minimum atomic E-state index is -0.141. The fraction of sp³-hybridized carbons (Fsp3) is 0.833. The maximum atomic E-state index is 11.8. The van der Waals surface area contributed by atoms with Crippen LogP contribution >= 0.6 is 0 Å². The number of carbonyl (C=O) groups excluding carboxylic acids is 2. The average Bonchev–Trinajstić information content (AvgIpc) is 2.35. The van der Waals surface area contributed by atoms with Crippen molar-refractivity contribution in [1.29, 1.82) is 0 Å². The highest BCUT2D eigenvalue weighted by Gasteiger charge is 2.15. The zero-order chi connectivity index (χ0) is 14.0. The lowest BCUT2D eigenvalue weighted by molar-refractivity contribution is -0.135. The number of aliphatic hydroxyl groups excluding tert-OH is 1. The largest absolute Gasteiger partial charge is 0.395 e. The molecule has 0 fully saturated rings. The molecule has 0 saturated carbocycles. The standard InChI is InChI=1S/C12H25N3O3/c1-4-6-13-11(17)9-14(3)12(18)10-15(5-2)7-8-16/h16H,4-10H2,1-3H3,(H,13,17). The molecule has 0 aromatic carbocycles. The molecule has 0 atom stereocenters. The molecule has 0 heterocycles. The van der Waals surface area contributed by atoms with Crippen molar-refractivity contribution in [2.24, 2.45) is 0 Å². The number of hydrogen-bond donors (Lipinski definition) is 2. The molecule has 2 amide bonds. The first-order valence-corrected chi connectivity index (χ1v) is 6.39. The van der Waals surface area contributed by atoms with Gasteiger partial charge in [-0.1, -0.05) is 13.8 Å². The molecular formula is C12H25N3O3. The topological polar surface area (TPSA) is 72.9 Å². The van der Waals surface area contributed by atoms with Gasteiger partial charge >= 0.3 is 0 Å². The second kappa shape index (κ2) is 9.85. The van der Waals surface area contributed by atoms with Gasteiger partial charge in [0.2, 0.25) is 11.8 Å². The van der Waals surface area contributed by atoms with Gasteiger partial charge in [-0.25, -0.2) is 0 Å². The van der Waals surface area contributed by atoms with E-state index in [9.17, 15) is 9.59 Å². The van der Waals surface area contributed by atoms with Gasteiger partial charge in [0.1, 0.15) is 0 Å². The molecule has 6 nitrogen and oxygen atoms in total. The van der Waals surface area contributed by atoms with Crippen LogP contribution in [0.4, 0.5) is 0 Å². The number of amides is 2. The highest BCUT2D eigenvalue weighted by molar-refractivity contribution is 5.85. The van der Waals surface area contributed by atoms with Gasteiger partial charge in [0.25, 0.3) is 0 Å². The van der Waals surface area contributed by atoms with E-state index in [1.54, 1.807) is 7.05 Å². The summed E-state index contributed by atoms with van der Waals surface area (Å²) in [5.74, 6) is -0.255. The molecule has 106 valence electrons. The molecule has 2 N–H and O–H groups in total. The van der Waals surface area contributed by atoms with Crippen LogP contribution in [0.2, 0.25) is 0 Å². The van der Waals surface area contributed by atoms with Crippen LogP contribution in [-0.4, -0.2) is 73.1 Å². The van der Waals surface area contributed by atoms with Crippen LogP contribution in [0.3, 0.4) is 0 Å². The summed E-state index contributed by atoms with van der Waals surface area (Å²) in [6.45, 7) is 6.04. The number of nitrogens with one attached hydrogen (secondary N) is 1. The molecular weight excluding hydrogens is 234 g/mol. The van der Waals surface area contributed by atoms with Crippen molar-refractivity contribution in [2.45, 2.75) is 20.3 Å². The second-order valence-corrected chi connectivity index (χ2v) is 4.19. The van der Waals surface area contributed by atoms with Gasteiger partial charge in [-0.2, -0.15) is 0 Å². The molecule has 0 aliphatic rings. The summed E-state index contributed by atoms with van der Waals surface area (Å²) in [5, 5.41) is 11.6. The van der Waals surface area contributed by atoms with Crippen molar-refractivity contribution in [3.8, 4) is 0 Å². The predicted octanol–water partition coefficient (Wildman–Crippen LogP) is -0.715. The van der Waals surface area contributed by atoms with Crippen molar-refractivity contribution in [3.05, 3.63) is 0 Å². The highest BCUT2D eigenvalue weighted by atomic mass is 16.3. The fourth-order valence-electron chi connectivity index (χ4n) is 1.43. The van der Waals surface area contributed by atoms with Crippen LogP contribution in [0.25, 0.3) is 0 Å². The Kier molecular flexibility index (Phi) is 9.22. The molecule has 0 aliphatic carbocycles. The summed E-state index contributed by atoms with van der Waals surface area (Å²) in [6.07, 6.45) is 0.878. The number of rotatable bonds is 9. The van der Waals surface area contributed by atoms with Crippen LogP contribution in [0.15, 0.2) is 0 Å². The Morgan fingerprint density at radius 1 is 1.22 bits per heavy atom. The Labute approximate surface area is 109 Å². The summed E-state index contributed by atoms with van der Waals surface area (Å²) in [5.41, 5.74) is 0. The molecule has 0 spiro atoms. The Bertz CT molecular complexity index is 259. The third-order valence-electron chi connectivity index (χ3n) is 2.60. The van der Waals surface area contributed by atoms with E-state index in [0.717, 1.165) is 6.42 Å². The second-order valence-electron chi connectivity index (χ2n) is 4.19. The maximum Gasteiger partial charge on any atom is 0.239 e. The monoisotopic (exact) mass is 259 g/mol. The Morgan fingerprint density at radius 3 is 2.39 bits per heavy atom. The summed E-state index contributed by atoms with van der Waals surface area (Å²) in [6, 6.07) is 0. The lowest BCUT2D eigenvalue weighted by Gasteiger charge is -2.23. The van der Waals surface area contributed by atoms with E-state index >= 15 is 0 Å². The number of nitrogens with zero attached hydrogens (tertiary/aromatic N) is 2. The van der Waals surface area contributed by atoms with E-state index in [1.807, 2.05) is 18.7 Å². The smallest absolute Gasteiger partial charge is 0.239 e. The van der Waals surface area contributed by atoms with Crippen LogP contribution < -0.4 is 5.32 Å². The summed E-state index contributed by atoms with van der Waals surface area (Å²) in [7, 11) is 1.61. The van der Waals surface area contributed by atoms with Gasteiger partial charge in [-0.15, -0.1) is 0 Å². The quantitative estimate of drug-likeness (QED) is 0.573. The molecule has 18 heavy (non-hydrogen) atoms. The van der Waals surface area contributed by atoms with Crippen LogP contribution in [0.5, 0.6) is 0 Å². The molecule has 6 heteroatoms. The molecule has 0 aromatic rings. The number of likely N-dealkylation sites (N-methyl/N-ethyl adjacent to an activating group) is 2. The molecule has 0 rings (SSSR count). The maximum absolute atomic E-state index is 11.8. The van der Waals surface area contributed by atoms with Crippen molar-refractivity contribution in [2.75, 3.05) is 46.4 Å². The zero-order valence-electron chi connectivity index (χ0n) is 11.6. The number of aliphatic hydroxyl groups is 1. The van der Waals surface area contributed by atoms with Crippen molar-refractivity contribution in [1.82, 2.24) is 15.1 Å². The Balaban J connectivity index is 4.04. The van der Waals surface area contributed by atoms with Crippen molar-refractivity contribution >= 4 is 11.8 Å². The van der Waals surface area contributed by atoms with Crippen molar-refractivity contribution < 1.29 is 14.7 Å². The van der Waals surface area contributed by atoms with Crippen LogP contribution in [0.1, 0.15) is 20.3 Å². The van der Waals surface area contributed by atoms with Crippen LogP contribution in [0, 0.1) is 0 Å².